The Labute approximate surface area is 135 Å². The lowest BCUT2D eigenvalue weighted by atomic mass is 9.91. The molecule has 2 heteroatoms. The summed E-state index contributed by atoms with van der Waals surface area (Å²) >= 11 is 0. The van der Waals surface area contributed by atoms with Gasteiger partial charge in [-0.25, -0.2) is 0 Å². The van der Waals surface area contributed by atoms with Crippen LogP contribution in [0.4, 0.5) is 0 Å². The molecule has 0 amide bonds. The van der Waals surface area contributed by atoms with Crippen LogP contribution in [0.25, 0.3) is 0 Å². The lowest BCUT2D eigenvalue weighted by Gasteiger charge is -2.15. The predicted octanol–water partition coefficient (Wildman–Crippen LogP) is 5.11. The molecule has 0 radical (unpaired) electrons. The van der Waals surface area contributed by atoms with E-state index in [-0.39, 0.29) is 11.7 Å². The Hall–Kier alpha value is -0.860. The molecule has 1 fully saturated rings. The number of hydrogen-bond donors (Lipinski definition) is 0. The third kappa shape index (κ3) is 3.55. The summed E-state index contributed by atoms with van der Waals surface area (Å²) in [4.78, 5) is 0. The van der Waals surface area contributed by atoms with Crippen molar-refractivity contribution in [2.45, 2.75) is 84.0 Å². The fourth-order valence-electron chi connectivity index (χ4n) is 3.76. The molecule has 0 saturated carbocycles. The highest BCUT2D eigenvalue weighted by molar-refractivity contribution is 5.28. The van der Waals surface area contributed by atoms with Gasteiger partial charge in [0.25, 0.3) is 0 Å². The maximum absolute atomic E-state index is 6.03. The summed E-state index contributed by atoms with van der Waals surface area (Å²) in [5.74, 6) is 0. The summed E-state index contributed by atoms with van der Waals surface area (Å²) in [5, 5.41) is 0. The van der Waals surface area contributed by atoms with Crippen LogP contribution in [0, 0.1) is 0 Å². The van der Waals surface area contributed by atoms with Gasteiger partial charge in [0.05, 0.1) is 24.4 Å². The average Bonchev–Trinajstić information content (AvgIpc) is 2.99. The van der Waals surface area contributed by atoms with Crippen LogP contribution in [-0.4, -0.2) is 24.4 Å². The maximum atomic E-state index is 6.03. The van der Waals surface area contributed by atoms with Crippen LogP contribution in [0.1, 0.15) is 66.2 Å². The highest BCUT2D eigenvalue weighted by Crippen LogP contribution is 2.45. The lowest BCUT2D eigenvalue weighted by Crippen LogP contribution is -2.14. The Kier molecular flexibility index (Phi) is 4.61. The fraction of sp³-hybridized carbons (Fsp3) is 0.700. The van der Waals surface area contributed by atoms with E-state index in [1.54, 1.807) is 0 Å². The predicted molar refractivity (Wildman–Crippen MR) is 90.9 cm³/mol. The van der Waals surface area contributed by atoms with Crippen LogP contribution < -0.4 is 0 Å². The molecule has 0 aromatic heterocycles. The minimum Gasteiger partial charge on any atom is -0.366 e. The number of allylic oxidation sites excluding steroid dienone is 3. The molecule has 2 aliphatic heterocycles. The third-order valence-corrected chi connectivity index (χ3v) is 5.57. The summed E-state index contributed by atoms with van der Waals surface area (Å²) in [6, 6.07) is 0. The molecular weight excluding hydrogens is 272 g/mol. The molecular formula is C20H30O2. The molecule has 1 saturated heterocycles. The van der Waals surface area contributed by atoms with Crippen molar-refractivity contribution in [2.24, 2.45) is 0 Å². The minimum atomic E-state index is 0.101. The van der Waals surface area contributed by atoms with Crippen molar-refractivity contribution in [1.82, 2.24) is 0 Å². The number of hydrogen-bond acceptors (Lipinski definition) is 2. The maximum Gasteiger partial charge on any atom is 0.0977 e. The van der Waals surface area contributed by atoms with Crippen molar-refractivity contribution in [1.29, 1.82) is 0 Å². The lowest BCUT2D eigenvalue weighted by molar-refractivity contribution is 0.150. The van der Waals surface area contributed by atoms with Gasteiger partial charge in [0.1, 0.15) is 0 Å². The van der Waals surface area contributed by atoms with E-state index in [9.17, 15) is 0 Å². The van der Waals surface area contributed by atoms with Crippen LogP contribution in [0.3, 0.4) is 0 Å². The van der Waals surface area contributed by atoms with E-state index in [4.69, 9.17) is 9.47 Å². The van der Waals surface area contributed by atoms with E-state index in [0.29, 0.717) is 6.10 Å². The molecule has 1 aliphatic carbocycles. The third-order valence-electron chi connectivity index (χ3n) is 5.57. The zero-order valence-electron chi connectivity index (χ0n) is 14.6. The Bertz CT molecular complexity index is 526. The minimum absolute atomic E-state index is 0.101. The second-order valence-corrected chi connectivity index (χ2v) is 7.60. The molecule has 2 nitrogen and oxygen atoms in total. The van der Waals surface area contributed by atoms with Gasteiger partial charge < -0.3 is 9.47 Å². The molecule has 22 heavy (non-hydrogen) atoms. The Morgan fingerprint density at radius 1 is 1.09 bits per heavy atom. The molecule has 0 bridgehead atoms. The summed E-state index contributed by atoms with van der Waals surface area (Å²) in [5.41, 5.74) is 5.99. The molecule has 2 heterocycles. The molecule has 122 valence electrons. The number of rotatable bonds is 0. The molecule has 3 aliphatic rings. The van der Waals surface area contributed by atoms with Gasteiger partial charge in [-0.05, 0) is 77.4 Å². The molecule has 3 rings (SSSR count). The van der Waals surface area contributed by atoms with Gasteiger partial charge in [0.2, 0.25) is 0 Å². The van der Waals surface area contributed by atoms with E-state index in [1.165, 1.54) is 35.1 Å². The van der Waals surface area contributed by atoms with Crippen LogP contribution in [0.15, 0.2) is 34.4 Å². The topological polar surface area (TPSA) is 21.8 Å². The van der Waals surface area contributed by atoms with E-state index in [1.807, 2.05) is 0 Å². The Morgan fingerprint density at radius 2 is 1.91 bits per heavy atom. The highest BCUT2D eigenvalue weighted by atomic mass is 16.6. The van der Waals surface area contributed by atoms with E-state index >= 15 is 0 Å². The molecule has 0 spiro atoms. The van der Waals surface area contributed by atoms with Crippen molar-refractivity contribution >= 4 is 0 Å². The first kappa shape index (κ1) is 16.0. The SMILES string of the molecule is CC1=C2CCC3(C)OC3CC/C(C)=C/CC/C(C)=C/C2OC1. The first-order valence-corrected chi connectivity index (χ1v) is 8.79. The van der Waals surface area contributed by atoms with Gasteiger partial charge in [0, 0.05) is 0 Å². The Morgan fingerprint density at radius 3 is 2.73 bits per heavy atom. The fourth-order valence-corrected chi connectivity index (χ4v) is 3.76. The van der Waals surface area contributed by atoms with Gasteiger partial charge in [-0.1, -0.05) is 23.3 Å². The standard InChI is InChI=1S/C20H30O2/c1-14-6-5-7-15(2)12-18-17(16(3)13-21-18)10-11-20(4)19(22-20)9-8-14/h6,12,18-19H,5,7-11,13H2,1-4H3/b14-6+,15-12+. The molecule has 0 aromatic carbocycles. The zero-order chi connectivity index (χ0) is 15.7. The average molecular weight is 302 g/mol. The van der Waals surface area contributed by atoms with Gasteiger partial charge in [-0.15, -0.1) is 0 Å². The summed E-state index contributed by atoms with van der Waals surface area (Å²) in [6.45, 7) is 9.80. The summed E-state index contributed by atoms with van der Waals surface area (Å²) in [7, 11) is 0. The molecule has 0 aromatic rings. The number of epoxide rings is 1. The zero-order valence-corrected chi connectivity index (χ0v) is 14.6. The first-order chi connectivity index (χ1) is 10.5. The van der Waals surface area contributed by atoms with Crippen molar-refractivity contribution in [2.75, 3.05) is 6.61 Å². The number of ether oxygens (including phenoxy) is 2. The van der Waals surface area contributed by atoms with Crippen molar-refractivity contribution in [3.8, 4) is 0 Å². The van der Waals surface area contributed by atoms with E-state index < -0.39 is 0 Å². The molecule has 3 atom stereocenters. The smallest absolute Gasteiger partial charge is 0.0977 e. The van der Waals surface area contributed by atoms with Crippen molar-refractivity contribution in [3.63, 3.8) is 0 Å². The monoisotopic (exact) mass is 302 g/mol. The highest BCUT2D eigenvalue weighted by Gasteiger charge is 2.51. The van der Waals surface area contributed by atoms with Crippen LogP contribution in [0.2, 0.25) is 0 Å². The second kappa shape index (κ2) is 6.33. The summed E-state index contributed by atoms with van der Waals surface area (Å²) < 4.78 is 12.0. The van der Waals surface area contributed by atoms with E-state index in [0.717, 1.165) is 32.3 Å². The van der Waals surface area contributed by atoms with Gasteiger partial charge in [-0.2, -0.15) is 0 Å². The van der Waals surface area contributed by atoms with Crippen molar-refractivity contribution < 1.29 is 9.47 Å². The quantitative estimate of drug-likeness (QED) is 0.458. The van der Waals surface area contributed by atoms with E-state index in [2.05, 4.69) is 39.8 Å². The van der Waals surface area contributed by atoms with Crippen LogP contribution in [0.5, 0.6) is 0 Å². The van der Waals surface area contributed by atoms with Gasteiger partial charge in [0.15, 0.2) is 0 Å². The molecule has 0 N–H and O–H groups in total. The number of fused-ring (bicyclic) bond motifs is 2. The largest absolute Gasteiger partial charge is 0.366 e. The summed E-state index contributed by atoms with van der Waals surface area (Å²) in [6.07, 6.45) is 12.3. The van der Waals surface area contributed by atoms with Gasteiger partial charge in [-0.3, -0.25) is 0 Å². The van der Waals surface area contributed by atoms with Crippen molar-refractivity contribution in [3.05, 3.63) is 34.4 Å². The van der Waals surface area contributed by atoms with Crippen LogP contribution >= 0.6 is 0 Å². The Balaban J connectivity index is 1.78. The normalized spacial score (nSPS) is 41.6. The van der Waals surface area contributed by atoms with Gasteiger partial charge >= 0.3 is 0 Å². The van der Waals surface area contributed by atoms with Crippen LogP contribution in [-0.2, 0) is 9.47 Å². The molecule has 3 unspecified atom stereocenters. The first-order valence-electron chi connectivity index (χ1n) is 8.79. The second-order valence-electron chi connectivity index (χ2n) is 7.60.